The number of carboxylic acid groups (broad SMARTS) is 1. The molecule has 2 heterocycles. The predicted molar refractivity (Wildman–Crippen MR) is 84.7 cm³/mol. The Bertz CT molecular complexity index is 830. The second-order valence-corrected chi connectivity index (χ2v) is 6.40. The summed E-state index contributed by atoms with van der Waals surface area (Å²) in [4.78, 5) is 12.5. The van der Waals surface area contributed by atoms with Crippen LogP contribution in [0.3, 0.4) is 0 Å². The van der Waals surface area contributed by atoms with Gasteiger partial charge in [-0.25, -0.2) is 9.48 Å². The van der Waals surface area contributed by atoms with E-state index in [2.05, 4.69) is 13.8 Å². The monoisotopic (exact) mass is 300 g/mol. The van der Waals surface area contributed by atoms with Crippen molar-refractivity contribution >= 4 is 27.5 Å². The number of hydrogen-bond donors (Lipinski definition) is 1. The zero-order chi connectivity index (χ0) is 15.1. The van der Waals surface area contributed by atoms with Crippen molar-refractivity contribution in [1.29, 1.82) is 0 Å². The Hall–Kier alpha value is -2.14. The number of carbonyl (C=O) groups is 1. The van der Waals surface area contributed by atoms with Crippen LogP contribution < -0.4 is 0 Å². The molecule has 3 rings (SSSR count). The quantitative estimate of drug-likeness (QED) is 0.788. The molecule has 0 atom stereocenters. The van der Waals surface area contributed by atoms with Gasteiger partial charge in [0.15, 0.2) is 0 Å². The molecule has 1 aromatic carbocycles. The third-order valence-electron chi connectivity index (χ3n) is 3.49. The van der Waals surface area contributed by atoms with E-state index in [1.807, 2.05) is 35.9 Å². The standard InChI is InChI=1S/C16H16N2O2S/c1-9(2)14-11-8-13(16(19)20)21-15(11)18(17-14)12-7-5-4-6-10(12)3/h4-9H,1-3H3,(H,19,20). The van der Waals surface area contributed by atoms with Gasteiger partial charge < -0.3 is 5.11 Å². The maximum absolute atomic E-state index is 11.2. The topological polar surface area (TPSA) is 55.1 Å². The number of aromatic carboxylic acids is 1. The molecule has 5 heteroatoms. The maximum atomic E-state index is 11.2. The van der Waals surface area contributed by atoms with Gasteiger partial charge in [-0.3, -0.25) is 0 Å². The lowest BCUT2D eigenvalue weighted by Gasteiger charge is -2.06. The van der Waals surface area contributed by atoms with Crippen molar-refractivity contribution in [3.05, 3.63) is 46.5 Å². The predicted octanol–water partition coefficient (Wildman–Crippen LogP) is 4.22. The Morgan fingerprint density at radius 1 is 1.33 bits per heavy atom. The lowest BCUT2D eigenvalue weighted by Crippen LogP contribution is -2.00. The number of thiophene rings is 1. The molecule has 21 heavy (non-hydrogen) atoms. The highest BCUT2D eigenvalue weighted by Gasteiger charge is 2.20. The smallest absolute Gasteiger partial charge is 0.345 e. The molecule has 0 radical (unpaired) electrons. The fraction of sp³-hybridized carbons (Fsp3) is 0.250. The molecule has 3 aromatic rings. The highest BCUT2D eigenvalue weighted by atomic mass is 32.1. The van der Waals surface area contributed by atoms with Crippen molar-refractivity contribution in [3.8, 4) is 5.69 Å². The van der Waals surface area contributed by atoms with Gasteiger partial charge in [0.05, 0.1) is 11.4 Å². The minimum absolute atomic E-state index is 0.244. The van der Waals surface area contributed by atoms with Crippen LogP contribution in [0.15, 0.2) is 30.3 Å². The van der Waals surface area contributed by atoms with Crippen molar-refractivity contribution in [3.63, 3.8) is 0 Å². The molecule has 1 N–H and O–H groups in total. The van der Waals surface area contributed by atoms with E-state index in [1.165, 1.54) is 11.3 Å². The molecule has 0 unspecified atom stereocenters. The van der Waals surface area contributed by atoms with E-state index in [9.17, 15) is 9.90 Å². The van der Waals surface area contributed by atoms with Gasteiger partial charge >= 0.3 is 5.97 Å². The van der Waals surface area contributed by atoms with Gasteiger partial charge in [0.1, 0.15) is 9.71 Å². The lowest BCUT2D eigenvalue weighted by atomic mass is 10.1. The molecule has 108 valence electrons. The Balaban J connectivity index is 2.32. The molecule has 0 aliphatic carbocycles. The summed E-state index contributed by atoms with van der Waals surface area (Å²) in [7, 11) is 0. The van der Waals surface area contributed by atoms with Crippen LogP contribution in [0.4, 0.5) is 0 Å². The molecule has 2 aromatic heterocycles. The molecule has 0 aliphatic heterocycles. The molecular formula is C16H16N2O2S. The molecule has 0 saturated heterocycles. The van der Waals surface area contributed by atoms with Gasteiger partial charge in [-0.15, -0.1) is 11.3 Å². The third-order valence-corrected chi connectivity index (χ3v) is 4.59. The van der Waals surface area contributed by atoms with Crippen molar-refractivity contribution in [2.24, 2.45) is 0 Å². The average Bonchev–Trinajstić information content (AvgIpc) is 2.98. The molecule has 0 spiro atoms. The van der Waals surface area contributed by atoms with Crippen LogP contribution in [0.1, 0.15) is 40.7 Å². The molecular weight excluding hydrogens is 284 g/mol. The summed E-state index contributed by atoms with van der Waals surface area (Å²) in [5.41, 5.74) is 3.05. The summed E-state index contributed by atoms with van der Waals surface area (Å²) in [5.74, 6) is -0.642. The number of para-hydroxylation sites is 1. The van der Waals surface area contributed by atoms with E-state index >= 15 is 0 Å². The summed E-state index contributed by atoms with van der Waals surface area (Å²) in [6.45, 7) is 6.17. The van der Waals surface area contributed by atoms with Crippen LogP contribution >= 0.6 is 11.3 Å². The van der Waals surface area contributed by atoms with E-state index in [-0.39, 0.29) is 5.92 Å². The molecule has 0 saturated carbocycles. The Morgan fingerprint density at radius 2 is 2.05 bits per heavy atom. The summed E-state index contributed by atoms with van der Waals surface area (Å²) in [6, 6.07) is 9.73. The van der Waals surface area contributed by atoms with E-state index in [0.29, 0.717) is 4.88 Å². The molecule has 0 fully saturated rings. The van der Waals surface area contributed by atoms with Crippen LogP contribution in [0.2, 0.25) is 0 Å². The highest BCUT2D eigenvalue weighted by molar-refractivity contribution is 7.20. The minimum Gasteiger partial charge on any atom is -0.477 e. The van der Waals surface area contributed by atoms with Crippen molar-refractivity contribution in [1.82, 2.24) is 9.78 Å². The van der Waals surface area contributed by atoms with Gasteiger partial charge in [0, 0.05) is 5.39 Å². The van der Waals surface area contributed by atoms with Gasteiger partial charge in [0.2, 0.25) is 0 Å². The summed E-state index contributed by atoms with van der Waals surface area (Å²) in [6.07, 6.45) is 0. The highest BCUT2D eigenvalue weighted by Crippen LogP contribution is 2.34. The number of fused-ring (bicyclic) bond motifs is 1. The Labute approximate surface area is 126 Å². The zero-order valence-corrected chi connectivity index (χ0v) is 12.9. The van der Waals surface area contributed by atoms with Gasteiger partial charge in [-0.1, -0.05) is 32.0 Å². The average molecular weight is 300 g/mol. The first-order valence-corrected chi connectivity index (χ1v) is 7.62. The summed E-state index contributed by atoms with van der Waals surface area (Å²) in [5, 5.41) is 14.9. The van der Waals surface area contributed by atoms with Crippen LogP contribution in [-0.4, -0.2) is 20.9 Å². The Kier molecular flexibility index (Phi) is 3.29. The van der Waals surface area contributed by atoms with Crippen LogP contribution in [0, 0.1) is 6.92 Å². The largest absolute Gasteiger partial charge is 0.477 e. The number of nitrogens with zero attached hydrogens (tertiary/aromatic N) is 2. The fourth-order valence-corrected chi connectivity index (χ4v) is 3.40. The first-order chi connectivity index (χ1) is 9.99. The van der Waals surface area contributed by atoms with Gasteiger partial charge in [-0.05, 0) is 30.5 Å². The second kappa shape index (κ2) is 5.00. The van der Waals surface area contributed by atoms with E-state index < -0.39 is 5.97 Å². The summed E-state index contributed by atoms with van der Waals surface area (Å²) >= 11 is 1.27. The molecule has 0 aliphatic rings. The van der Waals surface area contributed by atoms with Crippen molar-refractivity contribution in [2.75, 3.05) is 0 Å². The maximum Gasteiger partial charge on any atom is 0.345 e. The molecule has 4 nitrogen and oxygen atoms in total. The van der Waals surface area contributed by atoms with Crippen molar-refractivity contribution in [2.45, 2.75) is 26.7 Å². The van der Waals surface area contributed by atoms with Gasteiger partial charge in [0.25, 0.3) is 0 Å². The van der Waals surface area contributed by atoms with E-state index in [0.717, 1.165) is 27.2 Å². The number of rotatable bonds is 3. The zero-order valence-electron chi connectivity index (χ0n) is 12.1. The third kappa shape index (κ3) is 2.23. The number of aryl methyl sites for hydroxylation is 1. The first kappa shape index (κ1) is 13.8. The normalized spacial score (nSPS) is 11.4. The molecule has 0 amide bonds. The number of benzene rings is 1. The molecule has 0 bridgehead atoms. The second-order valence-electron chi connectivity index (χ2n) is 5.37. The van der Waals surface area contributed by atoms with Crippen LogP contribution in [-0.2, 0) is 0 Å². The van der Waals surface area contributed by atoms with Crippen LogP contribution in [0.5, 0.6) is 0 Å². The van der Waals surface area contributed by atoms with Crippen LogP contribution in [0.25, 0.3) is 15.9 Å². The number of carboxylic acids is 1. The van der Waals surface area contributed by atoms with Crippen molar-refractivity contribution < 1.29 is 9.90 Å². The minimum atomic E-state index is -0.887. The SMILES string of the molecule is Cc1ccccc1-n1nc(C(C)C)c2cc(C(=O)O)sc21. The fourth-order valence-electron chi connectivity index (χ4n) is 2.43. The lowest BCUT2D eigenvalue weighted by molar-refractivity contribution is 0.0702. The number of hydrogen-bond acceptors (Lipinski definition) is 3. The number of aromatic nitrogens is 2. The summed E-state index contributed by atoms with van der Waals surface area (Å²) < 4.78 is 1.87. The first-order valence-electron chi connectivity index (χ1n) is 6.80. The van der Waals surface area contributed by atoms with Gasteiger partial charge in [-0.2, -0.15) is 5.10 Å². The Morgan fingerprint density at radius 3 is 2.67 bits per heavy atom. The van der Waals surface area contributed by atoms with E-state index in [1.54, 1.807) is 6.07 Å². The van der Waals surface area contributed by atoms with E-state index in [4.69, 9.17) is 5.10 Å².